The van der Waals surface area contributed by atoms with Gasteiger partial charge in [-0.15, -0.1) is 0 Å². The smallest absolute Gasteiger partial charge is 0.277 e. The van der Waals surface area contributed by atoms with Crippen LogP contribution in [-0.4, -0.2) is 51.8 Å². The predicted octanol–water partition coefficient (Wildman–Crippen LogP) is 2.29. The molecule has 4 rings (SSSR count). The van der Waals surface area contributed by atoms with Crippen LogP contribution in [0.5, 0.6) is 0 Å². The predicted molar refractivity (Wildman–Crippen MR) is 114 cm³/mol. The van der Waals surface area contributed by atoms with Crippen molar-refractivity contribution >= 4 is 23.3 Å². The summed E-state index contributed by atoms with van der Waals surface area (Å²) in [5.41, 5.74) is 4.31. The second-order valence-electron chi connectivity index (χ2n) is 7.41. The van der Waals surface area contributed by atoms with E-state index >= 15 is 0 Å². The summed E-state index contributed by atoms with van der Waals surface area (Å²) in [4.78, 5) is 32.0. The molecule has 8 nitrogen and oxygen atoms in total. The van der Waals surface area contributed by atoms with Gasteiger partial charge in [0.15, 0.2) is 11.5 Å². The molecule has 1 atom stereocenters. The largest absolute Gasteiger partial charge is 0.356 e. The molecule has 0 saturated heterocycles. The summed E-state index contributed by atoms with van der Waals surface area (Å²) in [5, 5.41) is 12.9. The summed E-state index contributed by atoms with van der Waals surface area (Å²) in [5.74, 6) is -0.313. The van der Waals surface area contributed by atoms with Crippen LogP contribution in [0.15, 0.2) is 54.9 Å². The Morgan fingerprint density at radius 3 is 2.53 bits per heavy atom. The van der Waals surface area contributed by atoms with E-state index in [1.807, 2.05) is 49.4 Å². The number of hydrogen-bond acceptors (Lipinski definition) is 5. The Labute approximate surface area is 174 Å². The summed E-state index contributed by atoms with van der Waals surface area (Å²) in [6.45, 7) is 1.99. The average Bonchev–Trinajstić information content (AvgIpc) is 3.14. The number of rotatable bonds is 4. The van der Waals surface area contributed by atoms with Crippen molar-refractivity contribution in [1.29, 1.82) is 0 Å². The average molecular weight is 405 g/mol. The quantitative estimate of drug-likeness (QED) is 0.695. The minimum Gasteiger partial charge on any atom is -0.356 e. The van der Waals surface area contributed by atoms with Gasteiger partial charge in [0.2, 0.25) is 12.3 Å². The molecule has 30 heavy (non-hydrogen) atoms. The first-order valence-electron chi connectivity index (χ1n) is 9.55. The summed E-state index contributed by atoms with van der Waals surface area (Å²) >= 11 is 0. The van der Waals surface area contributed by atoms with Gasteiger partial charge in [0.1, 0.15) is 6.54 Å². The lowest BCUT2D eigenvalue weighted by Gasteiger charge is -2.36. The van der Waals surface area contributed by atoms with Gasteiger partial charge in [0.25, 0.3) is 5.91 Å². The van der Waals surface area contributed by atoms with Gasteiger partial charge in [-0.25, -0.2) is 4.98 Å². The number of aromatic nitrogens is 2. The molecule has 2 N–H and O–H groups in total. The number of nitrogens with zero attached hydrogens (tertiary/aromatic N) is 4. The molecule has 0 saturated carbocycles. The van der Waals surface area contributed by atoms with E-state index in [2.05, 4.69) is 16.4 Å². The number of amides is 2. The maximum atomic E-state index is 12.6. The number of fused-ring (bicyclic) bond motifs is 1. The molecule has 2 amide bonds. The number of nitrogens with one attached hydrogen (secondary N) is 1. The van der Waals surface area contributed by atoms with Crippen LogP contribution < -0.4 is 10.2 Å². The van der Waals surface area contributed by atoms with Gasteiger partial charge in [0, 0.05) is 19.8 Å². The van der Waals surface area contributed by atoms with E-state index in [0.717, 1.165) is 11.1 Å². The van der Waals surface area contributed by atoms with Crippen LogP contribution in [0.1, 0.15) is 16.1 Å². The van der Waals surface area contributed by atoms with Crippen LogP contribution in [0.2, 0.25) is 0 Å². The zero-order chi connectivity index (χ0) is 21.4. The lowest BCUT2D eigenvalue weighted by Crippen LogP contribution is -2.52. The lowest BCUT2D eigenvalue weighted by atomic mass is 10.0. The standard InChI is InChI=1S/C22H23N5O3/c1-14-5-4-6-16(11-14)15-7-9-17(10-8-15)24-18(28)12-27-13-23-20-19(27)21(29)26(3)22(30)25(20)2/h4-11,13,22,30H,12H2,1-3H3,(H,24,28). The van der Waals surface area contributed by atoms with Crippen LogP contribution in [0.4, 0.5) is 11.5 Å². The third-order valence-electron chi connectivity index (χ3n) is 5.20. The first-order valence-corrected chi connectivity index (χ1v) is 9.55. The zero-order valence-electron chi connectivity index (χ0n) is 17.0. The Bertz CT molecular complexity index is 1110. The Hall–Kier alpha value is -3.65. The molecule has 154 valence electrons. The van der Waals surface area contributed by atoms with Gasteiger partial charge in [-0.2, -0.15) is 0 Å². The highest BCUT2D eigenvalue weighted by Gasteiger charge is 2.36. The maximum Gasteiger partial charge on any atom is 0.277 e. The van der Waals surface area contributed by atoms with E-state index in [-0.39, 0.29) is 24.1 Å². The van der Waals surface area contributed by atoms with Crippen molar-refractivity contribution in [3.05, 3.63) is 66.1 Å². The number of hydrogen-bond donors (Lipinski definition) is 2. The fourth-order valence-corrected chi connectivity index (χ4v) is 3.54. The third kappa shape index (κ3) is 3.53. The molecule has 1 unspecified atom stereocenters. The van der Waals surface area contributed by atoms with Crippen LogP contribution in [-0.2, 0) is 11.3 Å². The van der Waals surface area contributed by atoms with Crippen LogP contribution >= 0.6 is 0 Å². The third-order valence-corrected chi connectivity index (χ3v) is 5.20. The van der Waals surface area contributed by atoms with Crippen molar-refractivity contribution < 1.29 is 14.7 Å². The Morgan fingerprint density at radius 2 is 1.83 bits per heavy atom. The topological polar surface area (TPSA) is 90.7 Å². The number of benzene rings is 2. The molecular formula is C22H23N5O3. The highest BCUT2D eigenvalue weighted by molar-refractivity contribution is 6.00. The molecule has 3 aromatic rings. The van der Waals surface area contributed by atoms with Crippen LogP contribution in [0.3, 0.4) is 0 Å². The number of carbonyl (C=O) groups is 2. The monoisotopic (exact) mass is 405 g/mol. The minimum atomic E-state index is -1.09. The number of aryl methyl sites for hydroxylation is 1. The Balaban J connectivity index is 1.47. The summed E-state index contributed by atoms with van der Waals surface area (Å²) < 4.78 is 1.49. The Kier molecular flexibility index (Phi) is 5.01. The van der Waals surface area contributed by atoms with Crippen molar-refractivity contribution in [2.24, 2.45) is 0 Å². The molecule has 1 aliphatic rings. The lowest BCUT2D eigenvalue weighted by molar-refractivity contribution is -0.116. The van der Waals surface area contributed by atoms with Crippen LogP contribution in [0.25, 0.3) is 11.1 Å². The van der Waals surface area contributed by atoms with Crippen molar-refractivity contribution in [2.45, 2.75) is 19.8 Å². The number of aliphatic hydroxyl groups excluding tert-OH is 1. The molecule has 2 heterocycles. The first kappa shape index (κ1) is 19.7. The van der Waals surface area contributed by atoms with Crippen molar-refractivity contribution in [3.63, 3.8) is 0 Å². The molecule has 1 aliphatic heterocycles. The van der Waals surface area contributed by atoms with E-state index in [1.54, 1.807) is 7.05 Å². The molecule has 1 aromatic heterocycles. The highest BCUT2D eigenvalue weighted by atomic mass is 16.3. The van der Waals surface area contributed by atoms with Crippen molar-refractivity contribution in [1.82, 2.24) is 14.5 Å². The van der Waals surface area contributed by atoms with E-state index < -0.39 is 6.35 Å². The second kappa shape index (κ2) is 7.64. The van der Waals surface area contributed by atoms with Gasteiger partial charge >= 0.3 is 0 Å². The molecular weight excluding hydrogens is 382 g/mol. The normalized spacial score (nSPS) is 15.9. The van der Waals surface area contributed by atoms with Gasteiger partial charge in [0.05, 0.1) is 6.33 Å². The van der Waals surface area contributed by atoms with Crippen LogP contribution in [0, 0.1) is 6.92 Å². The second-order valence-corrected chi connectivity index (χ2v) is 7.41. The minimum absolute atomic E-state index is 0.0640. The molecule has 2 aromatic carbocycles. The van der Waals surface area contributed by atoms with Crippen molar-refractivity contribution in [3.8, 4) is 11.1 Å². The number of aliphatic hydroxyl groups is 1. The summed E-state index contributed by atoms with van der Waals surface area (Å²) in [7, 11) is 3.14. The molecule has 0 fully saturated rings. The number of imidazole rings is 1. The SMILES string of the molecule is Cc1cccc(-c2ccc(NC(=O)Cn3cnc4c3C(=O)N(C)C(O)N4C)cc2)c1. The van der Waals surface area contributed by atoms with E-state index in [1.165, 1.54) is 33.3 Å². The number of carbonyl (C=O) groups excluding carboxylic acids is 2. The molecule has 0 aliphatic carbocycles. The van der Waals surface area contributed by atoms with Gasteiger partial charge in [-0.05, 0) is 30.2 Å². The van der Waals surface area contributed by atoms with E-state index in [0.29, 0.717) is 11.5 Å². The van der Waals surface area contributed by atoms with Gasteiger partial charge < -0.3 is 19.9 Å². The van der Waals surface area contributed by atoms with Gasteiger partial charge in [-0.3, -0.25) is 14.5 Å². The Morgan fingerprint density at radius 1 is 1.10 bits per heavy atom. The summed E-state index contributed by atoms with van der Waals surface area (Å²) in [6, 6.07) is 15.8. The fourth-order valence-electron chi connectivity index (χ4n) is 3.54. The van der Waals surface area contributed by atoms with Crippen molar-refractivity contribution in [2.75, 3.05) is 24.3 Å². The molecule has 0 spiro atoms. The highest BCUT2D eigenvalue weighted by Crippen LogP contribution is 2.27. The first-order chi connectivity index (χ1) is 14.3. The summed E-state index contributed by atoms with van der Waals surface area (Å²) in [6.07, 6.45) is 0.347. The zero-order valence-corrected chi connectivity index (χ0v) is 17.0. The molecule has 0 radical (unpaired) electrons. The maximum absolute atomic E-state index is 12.6. The van der Waals surface area contributed by atoms with E-state index in [9.17, 15) is 14.7 Å². The molecule has 8 heteroatoms. The van der Waals surface area contributed by atoms with Gasteiger partial charge in [-0.1, -0.05) is 42.0 Å². The van der Waals surface area contributed by atoms with E-state index in [4.69, 9.17) is 0 Å². The molecule has 0 bridgehead atoms. The fraction of sp³-hybridized carbons (Fsp3) is 0.227. The number of anilines is 2.